The van der Waals surface area contributed by atoms with Gasteiger partial charge in [0.2, 0.25) is 0 Å². The molecule has 0 radical (unpaired) electrons. The zero-order chi connectivity index (χ0) is 29.0. The minimum atomic E-state index is -0.336. The molecule has 5 heteroatoms. The van der Waals surface area contributed by atoms with Gasteiger partial charge in [-0.1, -0.05) is 115 Å². The molecule has 0 amide bonds. The number of hydrogen-bond donors (Lipinski definition) is 1. The van der Waals surface area contributed by atoms with Crippen molar-refractivity contribution < 1.29 is 8.83 Å². The highest BCUT2D eigenvalue weighted by Crippen LogP contribution is 2.39. The van der Waals surface area contributed by atoms with Crippen molar-refractivity contribution in [1.29, 1.82) is 0 Å². The average Bonchev–Trinajstić information content (AvgIpc) is 3.67. The van der Waals surface area contributed by atoms with Crippen LogP contribution >= 0.6 is 0 Å². The maximum absolute atomic E-state index is 6.42. The first-order valence-corrected chi connectivity index (χ1v) is 14.7. The second-order valence-corrected chi connectivity index (χ2v) is 11.0. The Hall–Kier alpha value is -5.94. The van der Waals surface area contributed by atoms with Crippen molar-refractivity contribution in [3.05, 3.63) is 156 Å². The van der Waals surface area contributed by atoms with Crippen molar-refractivity contribution in [3.8, 4) is 11.1 Å². The van der Waals surface area contributed by atoms with Gasteiger partial charge in [-0.25, -0.2) is 9.98 Å². The third-order valence-electron chi connectivity index (χ3n) is 8.38. The number of nitrogens with one attached hydrogen (secondary N) is 1. The summed E-state index contributed by atoms with van der Waals surface area (Å²) in [6.45, 7) is 0. The molecule has 0 spiro atoms. The number of nitrogens with zero attached hydrogens (tertiary/aromatic N) is 2. The highest BCUT2D eigenvalue weighted by atomic mass is 16.3. The van der Waals surface area contributed by atoms with Gasteiger partial charge in [0, 0.05) is 27.1 Å². The molecule has 9 rings (SSSR count). The van der Waals surface area contributed by atoms with E-state index in [-0.39, 0.29) is 6.17 Å². The molecule has 6 aromatic carbocycles. The Labute approximate surface area is 252 Å². The summed E-state index contributed by atoms with van der Waals surface area (Å²) in [5.41, 5.74) is 8.40. The fourth-order valence-electron chi connectivity index (χ4n) is 6.36. The first-order valence-electron chi connectivity index (χ1n) is 14.7. The molecule has 0 saturated carbocycles. The van der Waals surface area contributed by atoms with Crippen molar-refractivity contribution in [2.75, 3.05) is 0 Å². The number of rotatable bonds is 4. The molecule has 1 unspecified atom stereocenters. The summed E-state index contributed by atoms with van der Waals surface area (Å²) in [6.07, 6.45) is -0.336. The van der Waals surface area contributed by atoms with Crippen LogP contribution in [0.5, 0.6) is 0 Å². The molecule has 1 aliphatic rings. The van der Waals surface area contributed by atoms with Crippen LogP contribution < -0.4 is 5.32 Å². The first kappa shape index (κ1) is 24.6. The van der Waals surface area contributed by atoms with Crippen LogP contribution in [0.1, 0.15) is 22.9 Å². The van der Waals surface area contributed by atoms with Crippen molar-refractivity contribution in [3.63, 3.8) is 0 Å². The minimum Gasteiger partial charge on any atom is -0.456 e. The lowest BCUT2D eigenvalue weighted by molar-refractivity contribution is 0.659. The second kappa shape index (κ2) is 9.82. The van der Waals surface area contributed by atoms with E-state index in [1.807, 2.05) is 66.7 Å². The monoisotopic (exact) mass is 567 g/mol. The predicted molar refractivity (Wildman–Crippen MR) is 178 cm³/mol. The molecule has 0 bridgehead atoms. The van der Waals surface area contributed by atoms with E-state index >= 15 is 0 Å². The lowest BCUT2D eigenvalue weighted by Crippen LogP contribution is -2.33. The standard InChI is InChI=1S/C39H25N3O2/c1-2-12-24(13-3-1)37-40-38(42-39(41-37)31-20-10-19-28-26-15-6-8-21-32(26)44-36(28)31)29-16-5-4-14-25(29)27-18-11-23-34-35(27)30-17-7-9-22-33(30)43-34/h1-23,37H,(H,40,41,42). The molecule has 0 aliphatic carbocycles. The molecule has 208 valence electrons. The Balaban J connectivity index is 1.27. The van der Waals surface area contributed by atoms with Crippen molar-refractivity contribution in [2.24, 2.45) is 9.98 Å². The van der Waals surface area contributed by atoms with Gasteiger partial charge < -0.3 is 14.2 Å². The number of benzene rings is 6. The molecule has 0 saturated heterocycles. The average molecular weight is 568 g/mol. The van der Waals surface area contributed by atoms with Gasteiger partial charge in [-0.2, -0.15) is 0 Å². The lowest BCUT2D eigenvalue weighted by atomic mass is 9.94. The van der Waals surface area contributed by atoms with E-state index in [0.29, 0.717) is 5.84 Å². The van der Waals surface area contributed by atoms with E-state index in [2.05, 4.69) is 78.1 Å². The lowest BCUT2D eigenvalue weighted by Gasteiger charge is -2.24. The molecule has 0 fully saturated rings. The number of furan rings is 2. The van der Waals surface area contributed by atoms with Gasteiger partial charge in [0.25, 0.3) is 0 Å². The third kappa shape index (κ3) is 3.87. The number of aliphatic imine (C=N–C) groups is 2. The normalized spacial score (nSPS) is 15.0. The summed E-state index contributed by atoms with van der Waals surface area (Å²) >= 11 is 0. The highest BCUT2D eigenvalue weighted by Gasteiger charge is 2.25. The predicted octanol–water partition coefficient (Wildman–Crippen LogP) is 9.65. The smallest absolute Gasteiger partial charge is 0.160 e. The molecule has 8 aromatic rings. The van der Waals surface area contributed by atoms with Crippen LogP contribution in [-0.4, -0.2) is 11.7 Å². The molecular weight excluding hydrogens is 542 g/mol. The molecule has 1 aliphatic heterocycles. The Kier molecular flexibility index (Phi) is 5.50. The summed E-state index contributed by atoms with van der Waals surface area (Å²) in [7, 11) is 0. The van der Waals surface area contributed by atoms with E-state index in [0.717, 1.165) is 77.5 Å². The minimum absolute atomic E-state index is 0.336. The van der Waals surface area contributed by atoms with Crippen LogP contribution in [0.2, 0.25) is 0 Å². The zero-order valence-corrected chi connectivity index (χ0v) is 23.6. The van der Waals surface area contributed by atoms with Crippen LogP contribution in [0.3, 0.4) is 0 Å². The van der Waals surface area contributed by atoms with Crippen LogP contribution in [0.15, 0.2) is 158 Å². The Morgan fingerprint density at radius 1 is 0.477 bits per heavy atom. The van der Waals surface area contributed by atoms with Gasteiger partial charge in [-0.3, -0.25) is 0 Å². The van der Waals surface area contributed by atoms with Gasteiger partial charge >= 0.3 is 0 Å². The van der Waals surface area contributed by atoms with Crippen LogP contribution in [0.4, 0.5) is 0 Å². The largest absolute Gasteiger partial charge is 0.456 e. The van der Waals surface area contributed by atoms with Crippen LogP contribution in [0, 0.1) is 0 Å². The van der Waals surface area contributed by atoms with E-state index in [1.54, 1.807) is 0 Å². The molecule has 44 heavy (non-hydrogen) atoms. The topological polar surface area (TPSA) is 63.0 Å². The summed E-state index contributed by atoms with van der Waals surface area (Å²) < 4.78 is 12.7. The first-order chi connectivity index (χ1) is 21.8. The SMILES string of the molecule is c1ccc(C2N=C(c3ccccc3-c3cccc4oc5ccccc5c34)N=C(c3cccc4c3oc3ccccc34)N2)cc1. The van der Waals surface area contributed by atoms with E-state index in [9.17, 15) is 0 Å². The molecule has 1 atom stereocenters. The number of hydrogen-bond acceptors (Lipinski definition) is 5. The number of fused-ring (bicyclic) bond motifs is 6. The van der Waals surface area contributed by atoms with Crippen LogP contribution in [-0.2, 0) is 0 Å². The van der Waals surface area contributed by atoms with Crippen molar-refractivity contribution in [2.45, 2.75) is 6.17 Å². The highest BCUT2D eigenvalue weighted by molar-refractivity contribution is 6.21. The van der Waals surface area contributed by atoms with E-state index < -0.39 is 0 Å². The molecule has 1 N–H and O–H groups in total. The fourth-order valence-corrected chi connectivity index (χ4v) is 6.36. The Bertz CT molecular complexity index is 2430. The summed E-state index contributed by atoms with van der Waals surface area (Å²) in [5.74, 6) is 1.37. The maximum Gasteiger partial charge on any atom is 0.160 e. The van der Waals surface area contributed by atoms with Crippen LogP contribution in [0.25, 0.3) is 55.0 Å². The van der Waals surface area contributed by atoms with E-state index in [1.165, 1.54) is 0 Å². The van der Waals surface area contributed by atoms with Gasteiger partial charge in [-0.15, -0.1) is 0 Å². The molecular formula is C39H25N3O2. The van der Waals surface area contributed by atoms with Gasteiger partial charge in [0.1, 0.15) is 34.3 Å². The van der Waals surface area contributed by atoms with Crippen molar-refractivity contribution in [1.82, 2.24) is 5.32 Å². The quantitative estimate of drug-likeness (QED) is 0.230. The summed E-state index contributed by atoms with van der Waals surface area (Å²) in [6, 6.07) is 47.4. The van der Waals surface area contributed by atoms with Crippen molar-refractivity contribution >= 4 is 55.5 Å². The van der Waals surface area contributed by atoms with E-state index in [4.69, 9.17) is 18.8 Å². The molecule has 5 nitrogen and oxygen atoms in total. The van der Waals surface area contributed by atoms with Gasteiger partial charge in [-0.05, 0) is 41.0 Å². The fraction of sp³-hybridized carbons (Fsp3) is 0.0256. The number of para-hydroxylation sites is 3. The summed E-state index contributed by atoms with van der Waals surface area (Å²) in [5, 5.41) is 7.93. The Morgan fingerprint density at radius 2 is 1.09 bits per heavy atom. The third-order valence-corrected chi connectivity index (χ3v) is 8.38. The maximum atomic E-state index is 6.42. The van der Waals surface area contributed by atoms with Gasteiger partial charge in [0.05, 0.1) is 5.56 Å². The zero-order valence-electron chi connectivity index (χ0n) is 23.6. The Morgan fingerprint density at radius 3 is 1.95 bits per heavy atom. The molecule has 2 aromatic heterocycles. The summed E-state index contributed by atoms with van der Waals surface area (Å²) in [4.78, 5) is 10.4. The number of amidine groups is 2. The van der Waals surface area contributed by atoms with Gasteiger partial charge in [0.15, 0.2) is 5.84 Å². The second-order valence-electron chi connectivity index (χ2n) is 11.0. The molecule has 3 heterocycles.